The Morgan fingerprint density at radius 1 is 1.53 bits per heavy atom. The van der Waals surface area contributed by atoms with E-state index < -0.39 is 0 Å². The van der Waals surface area contributed by atoms with Crippen LogP contribution in [0.5, 0.6) is 0 Å². The van der Waals surface area contributed by atoms with Crippen LogP contribution in [0, 0.1) is 5.92 Å². The van der Waals surface area contributed by atoms with E-state index in [1.54, 1.807) is 6.92 Å². The van der Waals surface area contributed by atoms with Gasteiger partial charge in [0.1, 0.15) is 0 Å². The molecule has 1 fully saturated rings. The summed E-state index contributed by atoms with van der Waals surface area (Å²) in [7, 11) is 4.25. The Morgan fingerprint density at radius 2 is 2.26 bits per heavy atom. The van der Waals surface area contributed by atoms with Gasteiger partial charge >= 0.3 is 0 Å². The van der Waals surface area contributed by atoms with Gasteiger partial charge in [0.2, 0.25) is 0 Å². The van der Waals surface area contributed by atoms with Crippen molar-refractivity contribution in [2.24, 2.45) is 5.92 Å². The number of halogens is 1. The van der Waals surface area contributed by atoms with Crippen molar-refractivity contribution in [3.05, 3.63) is 28.8 Å². The third kappa shape index (κ3) is 3.48. The lowest BCUT2D eigenvalue weighted by Crippen LogP contribution is -2.27. The molecule has 1 heterocycles. The molecule has 3 nitrogen and oxygen atoms in total. The Balaban J connectivity index is 2.05. The molecule has 1 aromatic rings. The van der Waals surface area contributed by atoms with Crippen LogP contribution in [0.3, 0.4) is 0 Å². The van der Waals surface area contributed by atoms with Gasteiger partial charge in [0.05, 0.1) is 5.02 Å². The van der Waals surface area contributed by atoms with Crippen molar-refractivity contribution in [2.45, 2.75) is 13.3 Å². The molecule has 0 aliphatic carbocycles. The maximum atomic E-state index is 11.4. The van der Waals surface area contributed by atoms with Gasteiger partial charge in [-0.15, -0.1) is 0 Å². The second-order valence-electron chi connectivity index (χ2n) is 5.52. The van der Waals surface area contributed by atoms with Crippen LogP contribution in [0.1, 0.15) is 23.7 Å². The van der Waals surface area contributed by atoms with Crippen molar-refractivity contribution in [3.63, 3.8) is 0 Å². The number of ketones is 1. The highest BCUT2D eigenvalue weighted by molar-refractivity contribution is 6.34. The van der Waals surface area contributed by atoms with Crippen molar-refractivity contribution in [1.29, 1.82) is 0 Å². The molecule has 0 radical (unpaired) electrons. The Morgan fingerprint density at radius 3 is 2.79 bits per heavy atom. The molecule has 1 aliphatic heterocycles. The first-order valence-corrected chi connectivity index (χ1v) is 7.05. The van der Waals surface area contributed by atoms with E-state index in [4.69, 9.17) is 11.6 Å². The van der Waals surface area contributed by atoms with Gasteiger partial charge < -0.3 is 9.80 Å². The highest BCUT2D eigenvalue weighted by Gasteiger charge is 2.21. The monoisotopic (exact) mass is 280 g/mol. The number of likely N-dealkylation sites (tertiary alicyclic amines) is 1. The third-order valence-electron chi connectivity index (χ3n) is 3.79. The van der Waals surface area contributed by atoms with E-state index in [-0.39, 0.29) is 5.78 Å². The predicted octanol–water partition coefficient (Wildman–Crippen LogP) is 2.93. The summed E-state index contributed by atoms with van der Waals surface area (Å²) in [4.78, 5) is 15.9. The van der Waals surface area contributed by atoms with Crippen LogP contribution in [0.25, 0.3) is 0 Å². The van der Waals surface area contributed by atoms with Crippen LogP contribution in [-0.2, 0) is 0 Å². The molecule has 19 heavy (non-hydrogen) atoms. The zero-order valence-electron chi connectivity index (χ0n) is 11.8. The van der Waals surface area contributed by atoms with Crippen molar-refractivity contribution in [1.82, 2.24) is 4.90 Å². The molecule has 1 unspecified atom stereocenters. The number of carbonyl (C=O) groups is 1. The molecule has 2 rings (SSSR count). The minimum Gasteiger partial charge on any atom is -0.374 e. The van der Waals surface area contributed by atoms with E-state index in [9.17, 15) is 4.79 Å². The second-order valence-corrected chi connectivity index (χ2v) is 5.93. The summed E-state index contributed by atoms with van der Waals surface area (Å²) in [6, 6.07) is 5.68. The molecule has 1 aliphatic rings. The van der Waals surface area contributed by atoms with Crippen LogP contribution in [0.4, 0.5) is 5.69 Å². The fourth-order valence-electron chi connectivity index (χ4n) is 2.70. The van der Waals surface area contributed by atoms with Gasteiger partial charge in [0.15, 0.2) is 5.78 Å². The first kappa shape index (κ1) is 14.4. The summed E-state index contributed by atoms with van der Waals surface area (Å²) in [5.41, 5.74) is 1.67. The molecule has 0 N–H and O–H groups in total. The minimum atomic E-state index is 0.0108. The molecule has 0 aromatic heterocycles. The van der Waals surface area contributed by atoms with Crippen molar-refractivity contribution >= 4 is 23.1 Å². The summed E-state index contributed by atoms with van der Waals surface area (Å²) in [5.74, 6) is 0.720. The molecule has 1 atom stereocenters. The van der Waals surface area contributed by atoms with Crippen molar-refractivity contribution in [3.8, 4) is 0 Å². The molecule has 0 saturated carbocycles. The topological polar surface area (TPSA) is 23.6 Å². The summed E-state index contributed by atoms with van der Waals surface area (Å²) in [5, 5.41) is 0.542. The maximum Gasteiger partial charge on any atom is 0.161 e. The Kier molecular flexibility index (Phi) is 4.48. The van der Waals surface area contributed by atoms with Crippen LogP contribution in [-0.4, -0.2) is 44.4 Å². The van der Waals surface area contributed by atoms with Crippen molar-refractivity contribution < 1.29 is 4.79 Å². The van der Waals surface area contributed by atoms with Crippen LogP contribution >= 0.6 is 11.6 Å². The average Bonchev–Trinajstić information content (AvgIpc) is 2.74. The summed E-state index contributed by atoms with van der Waals surface area (Å²) < 4.78 is 0. The number of rotatable bonds is 4. The third-order valence-corrected chi connectivity index (χ3v) is 4.11. The molecule has 0 spiro atoms. The number of benzene rings is 1. The quantitative estimate of drug-likeness (QED) is 0.793. The zero-order chi connectivity index (χ0) is 14.0. The number of Topliss-reactive ketones (excluding diaryl/α,β-unsaturated/α-hetero) is 1. The van der Waals surface area contributed by atoms with Gasteiger partial charge in [0, 0.05) is 31.4 Å². The van der Waals surface area contributed by atoms with E-state index in [0.29, 0.717) is 16.5 Å². The average molecular weight is 281 g/mol. The van der Waals surface area contributed by atoms with Gasteiger partial charge in [-0.25, -0.2) is 0 Å². The molecule has 0 bridgehead atoms. The summed E-state index contributed by atoms with van der Waals surface area (Å²) >= 11 is 6.15. The van der Waals surface area contributed by atoms with E-state index in [2.05, 4.69) is 23.9 Å². The number of hydrogen-bond donors (Lipinski definition) is 0. The van der Waals surface area contributed by atoms with E-state index in [1.165, 1.54) is 13.0 Å². The minimum absolute atomic E-state index is 0.0108. The largest absolute Gasteiger partial charge is 0.374 e. The van der Waals surface area contributed by atoms with E-state index in [0.717, 1.165) is 18.8 Å². The van der Waals surface area contributed by atoms with Crippen LogP contribution in [0.15, 0.2) is 18.2 Å². The zero-order valence-corrected chi connectivity index (χ0v) is 12.6. The second kappa shape index (κ2) is 5.93. The lowest BCUT2D eigenvalue weighted by molar-refractivity contribution is 0.101. The van der Waals surface area contributed by atoms with Gasteiger partial charge in [-0.3, -0.25) is 4.79 Å². The first-order valence-electron chi connectivity index (χ1n) is 6.67. The highest BCUT2D eigenvalue weighted by atomic mass is 35.5. The molecular formula is C15H21ClN2O. The molecular weight excluding hydrogens is 260 g/mol. The lowest BCUT2D eigenvalue weighted by atomic mass is 10.1. The van der Waals surface area contributed by atoms with Crippen molar-refractivity contribution in [2.75, 3.05) is 38.6 Å². The predicted molar refractivity (Wildman–Crippen MR) is 80.3 cm³/mol. The summed E-state index contributed by atoms with van der Waals surface area (Å²) in [6.07, 6.45) is 1.25. The lowest BCUT2D eigenvalue weighted by Gasteiger charge is -2.23. The number of anilines is 1. The molecule has 0 amide bonds. The Hall–Kier alpha value is -1.06. The smallest absolute Gasteiger partial charge is 0.161 e. The van der Waals surface area contributed by atoms with Gasteiger partial charge in [-0.2, -0.15) is 0 Å². The summed E-state index contributed by atoms with van der Waals surface area (Å²) in [6.45, 7) is 4.91. The number of nitrogens with zero attached hydrogens (tertiary/aromatic N) is 2. The molecule has 104 valence electrons. The number of carbonyl (C=O) groups excluding carboxylic acids is 1. The molecule has 1 aromatic carbocycles. The Bertz CT molecular complexity index is 475. The standard InChI is InChI=1S/C15H21ClN2O/c1-11(19)14-5-4-13(8-15(14)16)18(3)10-12-6-7-17(2)9-12/h4-5,8,12H,6-7,9-10H2,1-3H3. The molecule has 1 saturated heterocycles. The fourth-order valence-corrected chi connectivity index (χ4v) is 3.00. The van der Waals surface area contributed by atoms with Gasteiger partial charge in [-0.05, 0) is 51.1 Å². The Labute approximate surface area is 120 Å². The number of hydrogen-bond acceptors (Lipinski definition) is 3. The van der Waals surface area contributed by atoms with Crippen LogP contribution < -0.4 is 4.90 Å². The van der Waals surface area contributed by atoms with Gasteiger partial charge in [-0.1, -0.05) is 11.6 Å². The van der Waals surface area contributed by atoms with Crippen LogP contribution in [0.2, 0.25) is 5.02 Å². The SMILES string of the molecule is CC(=O)c1ccc(N(C)CC2CCN(C)C2)cc1Cl. The van der Waals surface area contributed by atoms with Gasteiger partial charge in [0.25, 0.3) is 0 Å². The maximum absolute atomic E-state index is 11.4. The van der Waals surface area contributed by atoms with E-state index in [1.807, 2.05) is 18.2 Å². The highest BCUT2D eigenvalue weighted by Crippen LogP contribution is 2.25. The fraction of sp³-hybridized carbons (Fsp3) is 0.533. The molecule has 4 heteroatoms. The van der Waals surface area contributed by atoms with E-state index >= 15 is 0 Å². The first-order chi connectivity index (χ1) is 8.97. The normalized spacial score (nSPS) is 19.7.